The van der Waals surface area contributed by atoms with Crippen LogP contribution in [0.1, 0.15) is 31.9 Å². The van der Waals surface area contributed by atoms with Crippen LogP contribution in [-0.2, 0) is 10.2 Å². The molecule has 0 radical (unpaired) electrons. The number of rotatable bonds is 3. The van der Waals surface area contributed by atoms with Crippen LogP contribution in [0.5, 0.6) is 0 Å². The van der Waals surface area contributed by atoms with Crippen molar-refractivity contribution in [2.75, 3.05) is 5.32 Å². The zero-order valence-electron chi connectivity index (χ0n) is 14.3. The summed E-state index contributed by atoms with van der Waals surface area (Å²) in [5, 5.41) is 1.67. The number of hydrogen-bond acceptors (Lipinski definition) is 1. The standard InChI is InChI=1S/C19H16F5NO/c1-19(2,3)11-7-4-10(5-8-11)6-9-12(26)25-18-16(23)14(21)13(20)15(22)17(18)24/h4-9H,1-3H3,(H,25,26). The SMILES string of the molecule is CC(C)(C)c1ccc(C=CC(=O)Nc2c(F)c(F)c(F)c(F)c2F)cc1. The summed E-state index contributed by atoms with van der Waals surface area (Å²) in [7, 11) is 0. The van der Waals surface area contributed by atoms with Crippen LogP contribution in [0.15, 0.2) is 30.3 Å². The van der Waals surface area contributed by atoms with Gasteiger partial charge in [0.2, 0.25) is 11.7 Å². The Morgan fingerprint density at radius 2 is 1.31 bits per heavy atom. The molecule has 0 aromatic heterocycles. The minimum atomic E-state index is -2.28. The smallest absolute Gasteiger partial charge is 0.248 e. The largest absolute Gasteiger partial charge is 0.317 e. The summed E-state index contributed by atoms with van der Waals surface area (Å²) in [5.74, 6) is -11.8. The highest BCUT2D eigenvalue weighted by molar-refractivity contribution is 6.02. The molecule has 0 aliphatic heterocycles. The van der Waals surface area contributed by atoms with Gasteiger partial charge in [0, 0.05) is 6.08 Å². The van der Waals surface area contributed by atoms with Crippen molar-refractivity contribution >= 4 is 17.7 Å². The molecular formula is C19H16F5NO. The van der Waals surface area contributed by atoms with Crippen molar-refractivity contribution in [3.05, 3.63) is 70.6 Å². The fourth-order valence-electron chi connectivity index (χ4n) is 2.15. The molecule has 1 N–H and O–H groups in total. The summed E-state index contributed by atoms with van der Waals surface area (Å²) in [6.07, 6.45) is 2.29. The molecule has 0 aliphatic carbocycles. The molecule has 2 rings (SSSR count). The number of benzene rings is 2. The molecule has 26 heavy (non-hydrogen) atoms. The van der Waals surface area contributed by atoms with E-state index < -0.39 is 40.7 Å². The van der Waals surface area contributed by atoms with Crippen molar-refractivity contribution in [1.82, 2.24) is 0 Å². The summed E-state index contributed by atoms with van der Waals surface area (Å²) >= 11 is 0. The highest BCUT2D eigenvalue weighted by Gasteiger charge is 2.26. The van der Waals surface area contributed by atoms with Crippen molar-refractivity contribution in [1.29, 1.82) is 0 Å². The molecule has 0 heterocycles. The molecular weight excluding hydrogens is 353 g/mol. The van der Waals surface area contributed by atoms with Crippen molar-refractivity contribution in [2.45, 2.75) is 26.2 Å². The first kappa shape index (κ1) is 19.6. The maximum absolute atomic E-state index is 13.5. The van der Waals surface area contributed by atoms with E-state index in [-0.39, 0.29) is 5.41 Å². The third-order valence-electron chi connectivity index (χ3n) is 3.66. The third-order valence-corrected chi connectivity index (χ3v) is 3.66. The number of nitrogens with one attached hydrogen (secondary N) is 1. The third kappa shape index (κ3) is 4.09. The van der Waals surface area contributed by atoms with Crippen LogP contribution in [0.2, 0.25) is 0 Å². The van der Waals surface area contributed by atoms with Crippen molar-refractivity contribution in [3.63, 3.8) is 0 Å². The Bertz CT molecular complexity index is 838. The van der Waals surface area contributed by atoms with E-state index in [9.17, 15) is 26.7 Å². The molecule has 1 amide bonds. The van der Waals surface area contributed by atoms with E-state index in [0.717, 1.165) is 11.6 Å². The average molecular weight is 369 g/mol. The second-order valence-electron chi connectivity index (χ2n) is 6.64. The Kier molecular flexibility index (Phi) is 5.49. The molecule has 7 heteroatoms. The van der Waals surface area contributed by atoms with Crippen LogP contribution in [-0.4, -0.2) is 5.91 Å². The van der Waals surface area contributed by atoms with Crippen molar-refractivity contribution in [2.24, 2.45) is 0 Å². The lowest BCUT2D eigenvalue weighted by atomic mass is 9.87. The maximum Gasteiger partial charge on any atom is 0.248 e. The number of anilines is 1. The molecule has 138 valence electrons. The summed E-state index contributed by atoms with van der Waals surface area (Å²) in [5.41, 5.74) is 0.260. The maximum atomic E-state index is 13.5. The minimum absolute atomic E-state index is 0.0502. The number of hydrogen-bond donors (Lipinski definition) is 1. The van der Waals surface area contributed by atoms with Gasteiger partial charge >= 0.3 is 0 Å². The van der Waals surface area contributed by atoms with Crippen molar-refractivity contribution < 1.29 is 26.7 Å². The summed E-state index contributed by atoms with van der Waals surface area (Å²) in [4.78, 5) is 11.8. The molecule has 0 unspecified atom stereocenters. The summed E-state index contributed by atoms with van der Waals surface area (Å²) < 4.78 is 66.2. The molecule has 2 nitrogen and oxygen atoms in total. The number of carbonyl (C=O) groups is 1. The van der Waals surface area contributed by atoms with E-state index >= 15 is 0 Å². The van der Waals surface area contributed by atoms with Gasteiger partial charge in [-0.25, -0.2) is 22.0 Å². The van der Waals surface area contributed by atoms with E-state index in [1.54, 1.807) is 17.4 Å². The second kappa shape index (κ2) is 7.27. The number of carbonyl (C=O) groups excluding carboxylic acids is 1. The van der Waals surface area contributed by atoms with Gasteiger partial charge in [-0.15, -0.1) is 0 Å². The van der Waals surface area contributed by atoms with Gasteiger partial charge in [-0.3, -0.25) is 4.79 Å². The average Bonchev–Trinajstić information content (AvgIpc) is 2.60. The van der Waals surface area contributed by atoms with Crippen LogP contribution >= 0.6 is 0 Å². The molecule has 0 bridgehead atoms. The number of amides is 1. The molecule has 0 fully saturated rings. The normalized spacial score (nSPS) is 11.8. The first-order valence-electron chi connectivity index (χ1n) is 7.63. The predicted octanol–water partition coefficient (Wildman–Crippen LogP) is 5.33. The molecule has 2 aromatic rings. The summed E-state index contributed by atoms with van der Waals surface area (Å²) in [6.45, 7) is 6.11. The quantitative estimate of drug-likeness (QED) is 0.337. The van der Waals surface area contributed by atoms with E-state index in [4.69, 9.17) is 0 Å². The molecule has 2 aromatic carbocycles. The fourth-order valence-corrected chi connectivity index (χ4v) is 2.15. The van der Waals surface area contributed by atoms with Gasteiger partial charge in [-0.2, -0.15) is 0 Å². The zero-order valence-corrected chi connectivity index (χ0v) is 14.3. The van der Waals surface area contributed by atoms with Crippen LogP contribution < -0.4 is 5.32 Å². The molecule has 0 aliphatic rings. The predicted molar refractivity (Wildman–Crippen MR) is 89.0 cm³/mol. The summed E-state index contributed by atoms with van der Waals surface area (Å²) in [6, 6.07) is 7.20. The monoisotopic (exact) mass is 369 g/mol. The van der Waals surface area contributed by atoms with Gasteiger partial charge in [-0.1, -0.05) is 45.0 Å². The van der Waals surface area contributed by atoms with Crippen LogP contribution in [0.25, 0.3) is 6.08 Å². The van der Waals surface area contributed by atoms with Crippen molar-refractivity contribution in [3.8, 4) is 0 Å². The lowest BCUT2D eigenvalue weighted by Crippen LogP contribution is -2.14. The van der Waals surface area contributed by atoms with Gasteiger partial charge < -0.3 is 5.32 Å². The Morgan fingerprint density at radius 1 is 0.846 bits per heavy atom. The van der Waals surface area contributed by atoms with Crippen LogP contribution in [0, 0.1) is 29.1 Å². The topological polar surface area (TPSA) is 29.1 Å². The van der Waals surface area contributed by atoms with E-state index in [2.05, 4.69) is 0 Å². The first-order valence-corrected chi connectivity index (χ1v) is 7.63. The highest BCUT2D eigenvalue weighted by Crippen LogP contribution is 2.27. The number of halogens is 5. The fraction of sp³-hybridized carbons (Fsp3) is 0.211. The van der Waals surface area contributed by atoms with Gasteiger partial charge in [0.15, 0.2) is 23.3 Å². The minimum Gasteiger partial charge on any atom is -0.317 e. The molecule has 0 atom stereocenters. The first-order chi connectivity index (χ1) is 12.0. The second-order valence-corrected chi connectivity index (χ2v) is 6.64. The Morgan fingerprint density at radius 3 is 1.77 bits per heavy atom. The molecule has 0 saturated carbocycles. The highest BCUT2D eigenvalue weighted by atomic mass is 19.2. The Balaban J connectivity index is 2.18. The Labute approximate surface area is 147 Å². The van der Waals surface area contributed by atoms with Crippen LogP contribution in [0.4, 0.5) is 27.6 Å². The lowest BCUT2D eigenvalue weighted by molar-refractivity contribution is -0.111. The van der Waals surface area contributed by atoms with E-state index in [1.807, 2.05) is 32.9 Å². The van der Waals surface area contributed by atoms with Gasteiger partial charge in [0.1, 0.15) is 5.69 Å². The van der Waals surface area contributed by atoms with E-state index in [0.29, 0.717) is 5.56 Å². The van der Waals surface area contributed by atoms with Gasteiger partial charge in [0.25, 0.3) is 0 Å². The van der Waals surface area contributed by atoms with Crippen LogP contribution in [0.3, 0.4) is 0 Å². The van der Waals surface area contributed by atoms with Gasteiger partial charge in [-0.05, 0) is 22.6 Å². The zero-order chi connectivity index (χ0) is 19.6. The molecule has 0 spiro atoms. The Hall–Kier alpha value is -2.70. The van der Waals surface area contributed by atoms with E-state index in [1.165, 1.54) is 6.08 Å². The lowest BCUT2D eigenvalue weighted by Gasteiger charge is -2.18. The van der Waals surface area contributed by atoms with Gasteiger partial charge in [0.05, 0.1) is 0 Å². The molecule has 0 saturated heterocycles.